The number of para-hydroxylation sites is 2. The van der Waals surface area contributed by atoms with Crippen molar-refractivity contribution in [2.45, 2.75) is 26.5 Å². The van der Waals surface area contributed by atoms with Crippen LogP contribution in [0.3, 0.4) is 0 Å². The fourth-order valence-electron chi connectivity index (χ4n) is 3.25. The van der Waals surface area contributed by atoms with Crippen molar-refractivity contribution in [2.24, 2.45) is 4.99 Å². The van der Waals surface area contributed by atoms with Gasteiger partial charge in [0.1, 0.15) is 0 Å². The summed E-state index contributed by atoms with van der Waals surface area (Å²) in [7, 11) is 1.66. The van der Waals surface area contributed by atoms with Crippen LogP contribution in [0.1, 0.15) is 18.1 Å². The molecule has 0 atom stereocenters. The molecule has 30 heavy (non-hydrogen) atoms. The average Bonchev–Trinajstić information content (AvgIpc) is 3.15. The number of rotatable bonds is 9. The Kier molecular flexibility index (Phi) is 7.48. The summed E-state index contributed by atoms with van der Waals surface area (Å²) in [5.41, 5.74) is 2.88. The summed E-state index contributed by atoms with van der Waals surface area (Å²) in [6, 6.07) is 13.2. The highest BCUT2D eigenvalue weighted by Crippen LogP contribution is 2.32. The van der Waals surface area contributed by atoms with Crippen LogP contribution in [-0.4, -0.2) is 37.8 Å². The van der Waals surface area contributed by atoms with Crippen molar-refractivity contribution in [1.29, 1.82) is 0 Å². The molecular formula is C22H26F2N4O2. The Hall–Kier alpha value is -3.29. The molecule has 0 saturated carbocycles. The first-order valence-corrected chi connectivity index (χ1v) is 9.81. The number of aromatic nitrogens is 1. The first kappa shape index (κ1) is 21.4. The Labute approximate surface area is 174 Å². The average molecular weight is 416 g/mol. The monoisotopic (exact) mass is 416 g/mol. The molecule has 3 rings (SSSR count). The molecule has 3 N–H and O–H groups in total. The van der Waals surface area contributed by atoms with Gasteiger partial charge in [-0.1, -0.05) is 30.3 Å². The molecule has 0 fully saturated rings. The van der Waals surface area contributed by atoms with E-state index in [0.717, 1.165) is 11.9 Å². The minimum Gasteiger partial charge on any atom is -0.490 e. The molecule has 1 heterocycles. The van der Waals surface area contributed by atoms with E-state index in [-0.39, 0.29) is 12.3 Å². The number of hydrogen-bond acceptors (Lipinski definition) is 3. The standard InChI is InChI=1S/C22H26F2N4O2/c1-3-29-19-10-6-7-16(20(19)30-21(23)24)14-28-22(25-2)26-12-11-15-13-27-18-9-5-4-8-17(15)18/h4-10,13,21,27H,3,11-12,14H2,1-2H3,(H2,25,26,28). The van der Waals surface area contributed by atoms with Crippen LogP contribution in [0.2, 0.25) is 0 Å². The van der Waals surface area contributed by atoms with Gasteiger partial charge in [-0.15, -0.1) is 0 Å². The second-order valence-corrected chi connectivity index (χ2v) is 6.52. The van der Waals surface area contributed by atoms with Gasteiger partial charge in [-0.05, 0) is 31.0 Å². The molecule has 8 heteroatoms. The summed E-state index contributed by atoms with van der Waals surface area (Å²) in [5, 5.41) is 7.58. The summed E-state index contributed by atoms with van der Waals surface area (Å²) < 4.78 is 35.8. The zero-order valence-electron chi connectivity index (χ0n) is 17.0. The number of H-pyrrole nitrogens is 1. The Balaban J connectivity index is 1.59. The maximum absolute atomic E-state index is 12.9. The number of guanidine groups is 1. The van der Waals surface area contributed by atoms with Crippen molar-refractivity contribution in [2.75, 3.05) is 20.2 Å². The Morgan fingerprint density at radius 1 is 1.10 bits per heavy atom. The van der Waals surface area contributed by atoms with Gasteiger partial charge in [-0.2, -0.15) is 8.78 Å². The maximum atomic E-state index is 12.9. The lowest BCUT2D eigenvalue weighted by molar-refractivity contribution is -0.0520. The first-order chi connectivity index (χ1) is 14.6. The zero-order valence-corrected chi connectivity index (χ0v) is 17.0. The Morgan fingerprint density at radius 3 is 2.70 bits per heavy atom. The minimum absolute atomic E-state index is 0.0381. The summed E-state index contributed by atoms with van der Waals surface area (Å²) in [4.78, 5) is 7.46. The van der Waals surface area contributed by atoms with Gasteiger partial charge in [0.2, 0.25) is 0 Å². The molecule has 0 aliphatic heterocycles. The van der Waals surface area contributed by atoms with Crippen molar-refractivity contribution in [3.8, 4) is 11.5 Å². The largest absolute Gasteiger partial charge is 0.490 e. The molecule has 6 nitrogen and oxygen atoms in total. The van der Waals surface area contributed by atoms with E-state index in [0.29, 0.717) is 30.4 Å². The molecule has 2 aromatic carbocycles. The normalized spacial score (nSPS) is 11.7. The van der Waals surface area contributed by atoms with Crippen molar-refractivity contribution in [3.63, 3.8) is 0 Å². The number of nitrogens with one attached hydrogen (secondary N) is 3. The summed E-state index contributed by atoms with van der Waals surface area (Å²) in [6.45, 7) is 0.139. The maximum Gasteiger partial charge on any atom is 0.387 e. The molecule has 0 aliphatic carbocycles. The van der Waals surface area contributed by atoms with E-state index in [2.05, 4.69) is 26.7 Å². The SMILES string of the molecule is CCOc1cccc(CNC(=NC)NCCc2c[nH]c3ccccc23)c1OC(F)F. The number of ether oxygens (including phenoxy) is 2. The van der Waals surface area contributed by atoms with Gasteiger partial charge in [0, 0.05) is 42.8 Å². The molecule has 0 saturated heterocycles. The second-order valence-electron chi connectivity index (χ2n) is 6.52. The highest BCUT2D eigenvalue weighted by molar-refractivity contribution is 5.83. The van der Waals surface area contributed by atoms with Crippen LogP contribution in [0.4, 0.5) is 8.78 Å². The number of aromatic amines is 1. The number of benzene rings is 2. The third-order valence-electron chi connectivity index (χ3n) is 4.60. The van der Waals surface area contributed by atoms with Crippen LogP contribution in [0.5, 0.6) is 11.5 Å². The molecule has 160 valence electrons. The minimum atomic E-state index is -2.93. The first-order valence-electron chi connectivity index (χ1n) is 9.81. The van der Waals surface area contributed by atoms with E-state index in [1.165, 1.54) is 10.9 Å². The van der Waals surface area contributed by atoms with E-state index < -0.39 is 6.61 Å². The summed E-state index contributed by atoms with van der Waals surface area (Å²) in [6.07, 6.45) is 2.82. The molecule has 3 aromatic rings. The zero-order chi connectivity index (χ0) is 21.3. The quantitative estimate of drug-likeness (QED) is 0.363. The van der Waals surface area contributed by atoms with Crippen LogP contribution >= 0.6 is 0 Å². The lowest BCUT2D eigenvalue weighted by Crippen LogP contribution is -2.38. The molecule has 0 unspecified atom stereocenters. The van der Waals surface area contributed by atoms with Gasteiger partial charge in [0.15, 0.2) is 17.5 Å². The van der Waals surface area contributed by atoms with Gasteiger partial charge >= 0.3 is 6.61 Å². The summed E-state index contributed by atoms with van der Waals surface area (Å²) >= 11 is 0. The smallest absolute Gasteiger partial charge is 0.387 e. The van der Waals surface area contributed by atoms with Gasteiger partial charge in [0.05, 0.1) is 6.61 Å². The Bertz CT molecular complexity index is 988. The third kappa shape index (κ3) is 5.40. The van der Waals surface area contributed by atoms with Crippen molar-refractivity contribution in [3.05, 3.63) is 59.8 Å². The van der Waals surface area contributed by atoms with E-state index in [4.69, 9.17) is 9.47 Å². The topological polar surface area (TPSA) is 70.7 Å². The number of halogens is 2. The molecule has 0 spiro atoms. The predicted molar refractivity (Wildman–Crippen MR) is 114 cm³/mol. The third-order valence-corrected chi connectivity index (χ3v) is 4.60. The van der Waals surface area contributed by atoms with Crippen molar-refractivity contribution < 1.29 is 18.3 Å². The summed E-state index contributed by atoms with van der Waals surface area (Å²) in [5.74, 6) is 0.898. The molecule has 1 aromatic heterocycles. The van der Waals surface area contributed by atoms with Crippen LogP contribution in [0.15, 0.2) is 53.7 Å². The van der Waals surface area contributed by atoms with Crippen LogP contribution in [-0.2, 0) is 13.0 Å². The highest BCUT2D eigenvalue weighted by atomic mass is 19.3. The lowest BCUT2D eigenvalue weighted by atomic mass is 10.1. The number of hydrogen-bond donors (Lipinski definition) is 3. The van der Waals surface area contributed by atoms with E-state index in [1.807, 2.05) is 24.4 Å². The molecule has 0 aliphatic rings. The van der Waals surface area contributed by atoms with E-state index in [9.17, 15) is 8.78 Å². The predicted octanol–water partition coefficient (Wildman–Crippen LogP) is 4.08. The van der Waals surface area contributed by atoms with Crippen LogP contribution in [0.25, 0.3) is 10.9 Å². The van der Waals surface area contributed by atoms with Crippen LogP contribution < -0.4 is 20.1 Å². The van der Waals surface area contributed by atoms with Gasteiger partial charge in [-0.3, -0.25) is 4.99 Å². The van der Waals surface area contributed by atoms with Gasteiger partial charge in [0.25, 0.3) is 0 Å². The van der Waals surface area contributed by atoms with Gasteiger partial charge in [-0.25, -0.2) is 0 Å². The number of aliphatic imine (C=N–C) groups is 1. The van der Waals surface area contributed by atoms with Crippen LogP contribution in [0, 0.1) is 0 Å². The van der Waals surface area contributed by atoms with Gasteiger partial charge < -0.3 is 25.1 Å². The number of fused-ring (bicyclic) bond motifs is 1. The van der Waals surface area contributed by atoms with E-state index in [1.54, 1.807) is 32.2 Å². The van der Waals surface area contributed by atoms with Crippen molar-refractivity contribution in [1.82, 2.24) is 15.6 Å². The molecule has 0 bridgehead atoms. The Morgan fingerprint density at radius 2 is 1.93 bits per heavy atom. The highest BCUT2D eigenvalue weighted by Gasteiger charge is 2.16. The molecule has 0 amide bonds. The molecule has 0 radical (unpaired) electrons. The second kappa shape index (κ2) is 10.5. The number of alkyl halides is 2. The lowest BCUT2D eigenvalue weighted by Gasteiger charge is -2.17. The van der Waals surface area contributed by atoms with Crippen molar-refractivity contribution >= 4 is 16.9 Å². The fraction of sp³-hybridized carbons (Fsp3) is 0.318. The fourth-order valence-corrected chi connectivity index (χ4v) is 3.25. The number of nitrogens with zero attached hydrogens (tertiary/aromatic N) is 1. The van der Waals surface area contributed by atoms with E-state index >= 15 is 0 Å². The molecular weight excluding hydrogens is 390 g/mol.